The Bertz CT molecular complexity index is 630. The van der Waals surface area contributed by atoms with Gasteiger partial charge >= 0.3 is 0 Å². The van der Waals surface area contributed by atoms with Crippen LogP contribution in [0.4, 0.5) is 4.39 Å². The summed E-state index contributed by atoms with van der Waals surface area (Å²) in [6.45, 7) is 4.95. The van der Waals surface area contributed by atoms with E-state index in [1.807, 2.05) is 6.07 Å². The molecule has 2 rings (SSSR count). The van der Waals surface area contributed by atoms with Crippen molar-refractivity contribution in [3.8, 4) is 0 Å². The van der Waals surface area contributed by atoms with E-state index < -0.39 is 0 Å². The highest BCUT2D eigenvalue weighted by atomic mass is 79.9. The Hall–Kier alpha value is -0.900. The number of aryl methyl sites for hydroxylation is 1. The van der Waals surface area contributed by atoms with Crippen LogP contribution in [0.5, 0.6) is 0 Å². The molecule has 0 bridgehead atoms. The smallest absolute Gasteiger partial charge is 0.123 e. The number of benzene rings is 2. The summed E-state index contributed by atoms with van der Waals surface area (Å²) in [5.74, 6) is -0.257. The fourth-order valence-corrected chi connectivity index (χ4v) is 3.13. The van der Waals surface area contributed by atoms with Gasteiger partial charge in [0, 0.05) is 15.5 Å². The molecule has 1 unspecified atom stereocenters. The number of hydrogen-bond acceptors (Lipinski definition) is 1. The van der Waals surface area contributed by atoms with Crippen LogP contribution in [0.3, 0.4) is 0 Å². The maximum Gasteiger partial charge on any atom is 0.123 e. The van der Waals surface area contributed by atoms with E-state index >= 15 is 0 Å². The van der Waals surface area contributed by atoms with E-state index in [9.17, 15) is 4.39 Å². The molecule has 21 heavy (non-hydrogen) atoms. The first-order valence-electron chi connectivity index (χ1n) is 6.95. The van der Waals surface area contributed by atoms with Crippen LogP contribution in [0, 0.1) is 12.7 Å². The minimum absolute atomic E-state index is 0.0866. The molecule has 0 amide bonds. The lowest BCUT2D eigenvalue weighted by molar-refractivity contribution is 0.544. The van der Waals surface area contributed by atoms with Crippen molar-refractivity contribution in [3.63, 3.8) is 0 Å². The van der Waals surface area contributed by atoms with Gasteiger partial charge in [-0.05, 0) is 54.8 Å². The molecule has 0 aliphatic rings. The fraction of sp³-hybridized carbons (Fsp3) is 0.294. The van der Waals surface area contributed by atoms with E-state index in [4.69, 9.17) is 11.6 Å². The minimum Gasteiger partial charge on any atom is -0.310 e. The maximum atomic E-state index is 13.4. The predicted octanol–water partition coefficient (Wildman–Crippen LogP) is 5.44. The molecule has 0 aromatic heterocycles. The molecule has 1 nitrogen and oxygen atoms in total. The molecule has 1 atom stereocenters. The summed E-state index contributed by atoms with van der Waals surface area (Å²) in [7, 11) is 0. The normalized spacial score (nSPS) is 12.4. The highest BCUT2D eigenvalue weighted by molar-refractivity contribution is 9.10. The van der Waals surface area contributed by atoms with Gasteiger partial charge in [-0.15, -0.1) is 0 Å². The van der Waals surface area contributed by atoms with Crippen molar-refractivity contribution in [2.45, 2.75) is 26.3 Å². The third-order valence-corrected chi connectivity index (χ3v) is 4.93. The summed E-state index contributed by atoms with van der Waals surface area (Å²) in [5, 5.41) is 4.05. The maximum absolute atomic E-state index is 13.4. The van der Waals surface area contributed by atoms with Crippen LogP contribution in [0.25, 0.3) is 0 Å². The van der Waals surface area contributed by atoms with E-state index in [1.165, 1.54) is 17.7 Å². The van der Waals surface area contributed by atoms with E-state index in [0.717, 1.165) is 22.1 Å². The van der Waals surface area contributed by atoms with Crippen LogP contribution in [0.15, 0.2) is 40.9 Å². The molecule has 4 heteroatoms. The Morgan fingerprint density at radius 3 is 2.76 bits per heavy atom. The molecule has 0 saturated heterocycles. The van der Waals surface area contributed by atoms with Gasteiger partial charge in [0.25, 0.3) is 0 Å². The molecule has 2 aromatic rings. The van der Waals surface area contributed by atoms with Crippen molar-refractivity contribution in [2.75, 3.05) is 6.54 Å². The molecular weight excluding hydrogens is 353 g/mol. The molecule has 0 saturated carbocycles. The zero-order valence-electron chi connectivity index (χ0n) is 12.1. The Labute approximate surface area is 138 Å². The molecule has 0 spiro atoms. The van der Waals surface area contributed by atoms with E-state index in [0.29, 0.717) is 11.4 Å². The SMILES string of the molecule is CCNC(Cc1cc(F)ccc1Cl)c1cccc(C)c1Br. The third-order valence-electron chi connectivity index (χ3n) is 3.48. The Morgan fingerprint density at radius 1 is 1.29 bits per heavy atom. The largest absolute Gasteiger partial charge is 0.310 e. The lowest BCUT2D eigenvalue weighted by atomic mass is 9.97. The van der Waals surface area contributed by atoms with Crippen LogP contribution < -0.4 is 5.32 Å². The summed E-state index contributed by atoms with van der Waals surface area (Å²) in [4.78, 5) is 0. The van der Waals surface area contributed by atoms with Gasteiger partial charge in [-0.3, -0.25) is 0 Å². The van der Waals surface area contributed by atoms with E-state index in [2.05, 4.69) is 47.2 Å². The monoisotopic (exact) mass is 369 g/mol. The fourth-order valence-electron chi connectivity index (χ4n) is 2.40. The molecule has 0 fully saturated rings. The first-order valence-corrected chi connectivity index (χ1v) is 8.12. The molecule has 112 valence electrons. The molecule has 0 radical (unpaired) electrons. The molecule has 0 aliphatic heterocycles. The number of halogens is 3. The highest BCUT2D eigenvalue weighted by Crippen LogP contribution is 2.30. The first kappa shape index (κ1) is 16.5. The molecule has 1 N–H and O–H groups in total. The summed E-state index contributed by atoms with van der Waals surface area (Å²) in [6.07, 6.45) is 0.645. The summed E-state index contributed by atoms with van der Waals surface area (Å²) < 4.78 is 14.5. The van der Waals surface area contributed by atoms with Gasteiger partial charge in [-0.1, -0.05) is 52.7 Å². The van der Waals surface area contributed by atoms with E-state index in [1.54, 1.807) is 6.07 Å². The zero-order valence-corrected chi connectivity index (χ0v) is 14.4. The van der Waals surface area contributed by atoms with Crippen LogP contribution in [0.2, 0.25) is 5.02 Å². The van der Waals surface area contributed by atoms with Crippen LogP contribution in [-0.2, 0) is 6.42 Å². The van der Waals surface area contributed by atoms with Gasteiger partial charge in [0.2, 0.25) is 0 Å². The van der Waals surface area contributed by atoms with Crippen molar-refractivity contribution in [3.05, 3.63) is 68.4 Å². The molecule has 0 heterocycles. The molecule has 2 aromatic carbocycles. The van der Waals surface area contributed by atoms with Gasteiger partial charge < -0.3 is 5.32 Å². The number of nitrogens with one attached hydrogen (secondary N) is 1. The van der Waals surface area contributed by atoms with Crippen LogP contribution in [0.1, 0.15) is 29.7 Å². The quantitative estimate of drug-likeness (QED) is 0.738. The average Bonchev–Trinajstić information content (AvgIpc) is 2.45. The van der Waals surface area contributed by atoms with Crippen molar-refractivity contribution in [1.82, 2.24) is 5.32 Å². The van der Waals surface area contributed by atoms with Crippen molar-refractivity contribution in [1.29, 1.82) is 0 Å². The second-order valence-corrected chi connectivity index (χ2v) is 6.23. The van der Waals surface area contributed by atoms with Gasteiger partial charge in [-0.2, -0.15) is 0 Å². The highest BCUT2D eigenvalue weighted by Gasteiger charge is 2.17. The number of likely N-dealkylation sites (N-methyl/N-ethyl adjacent to an activating group) is 1. The summed E-state index contributed by atoms with van der Waals surface area (Å²) in [6, 6.07) is 10.8. The Balaban J connectivity index is 2.35. The summed E-state index contributed by atoms with van der Waals surface area (Å²) >= 11 is 9.84. The first-order chi connectivity index (χ1) is 10.0. The van der Waals surface area contributed by atoms with Crippen molar-refractivity contribution >= 4 is 27.5 Å². The summed E-state index contributed by atoms with van der Waals surface area (Å²) in [5.41, 5.74) is 3.16. The van der Waals surface area contributed by atoms with Crippen LogP contribution in [-0.4, -0.2) is 6.54 Å². The lowest BCUT2D eigenvalue weighted by Gasteiger charge is -2.21. The molecular formula is C17H18BrClFN. The molecule has 0 aliphatic carbocycles. The van der Waals surface area contributed by atoms with Crippen molar-refractivity contribution < 1.29 is 4.39 Å². The third kappa shape index (κ3) is 4.06. The predicted molar refractivity (Wildman–Crippen MR) is 90.4 cm³/mol. The Kier molecular flexibility index (Phi) is 5.80. The second kappa shape index (κ2) is 7.39. The van der Waals surface area contributed by atoms with Gasteiger partial charge in [0.1, 0.15) is 5.82 Å². The minimum atomic E-state index is -0.257. The zero-order chi connectivity index (χ0) is 15.4. The Morgan fingerprint density at radius 2 is 2.05 bits per heavy atom. The average molecular weight is 371 g/mol. The standard InChI is InChI=1S/C17H18BrClFN/c1-3-21-16(14-6-4-5-11(2)17(14)18)10-12-9-13(20)7-8-15(12)19/h4-9,16,21H,3,10H2,1-2H3. The lowest BCUT2D eigenvalue weighted by Crippen LogP contribution is -2.23. The van der Waals surface area contributed by atoms with Crippen LogP contribution >= 0.6 is 27.5 Å². The van der Waals surface area contributed by atoms with Gasteiger partial charge in [-0.25, -0.2) is 4.39 Å². The van der Waals surface area contributed by atoms with Gasteiger partial charge in [0.05, 0.1) is 0 Å². The van der Waals surface area contributed by atoms with E-state index in [-0.39, 0.29) is 11.9 Å². The van der Waals surface area contributed by atoms with Crippen molar-refractivity contribution in [2.24, 2.45) is 0 Å². The topological polar surface area (TPSA) is 12.0 Å². The number of hydrogen-bond donors (Lipinski definition) is 1. The second-order valence-electron chi connectivity index (χ2n) is 5.03. The van der Waals surface area contributed by atoms with Gasteiger partial charge in [0.15, 0.2) is 0 Å². The number of rotatable bonds is 5.